The van der Waals surface area contributed by atoms with Crippen LogP contribution in [0.15, 0.2) is 48.5 Å². The van der Waals surface area contributed by atoms with E-state index in [1.54, 1.807) is 0 Å². The van der Waals surface area contributed by atoms with Gasteiger partial charge in [-0.15, -0.1) is 0 Å². The molecule has 1 saturated heterocycles. The second-order valence-electron chi connectivity index (χ2n) is 7.89. The van der Waals surface area contributed by atoms with Crippen LogP contribution in [0.2, 0.25) is 0 Å². The molecule has 1 heterocycles. The summed E-state index contributed by atoms with van der Waals surface area (Å²) in [5.41, 5.74) is -1.10. The number of alkyl halides is 6. The van der Waals surface area contributed by atoms with Crippen LogP contribution in [0.1, 0.15) is 29.5 Å². The lowest BCUT2D eigenvalue weighted by Gasteiger charge is -2.28. The smallest absolute Gasteiger partial charge is 0.416 e. The molecule has 1 aliphatic rings. The number of nitrogens with one attached hydrogen (secondary N) is 2. The van der Waals surface area contributed by atoms with Crippen LogP contribution in [-0.4, -0.2) is 37.2 Å². The van der Waals surface area contributed by atoms with E-state index in [1.807, 2.05) is 0 Å². The van der Waals surface area contributed by atoms with Crippen molar-refractivity contribution >= 4 is 11.8 Å². The van der Waals surface area contributed by atoms with Crippen LogP contribution in [-0.2, 0) is 33.2 Å². The molecule has 2 aromatic rings. The van der Waals surface area contributed by atoms with Crippen molar-refractivity contribution in [2.24, 2.45) is 0 Å². The molecular formula is C23H22F6N2O4. The Balaban J connectivity index is 1.36. The largest absolute Gasteiger partial charge is 0.484 e. The molecule has 2 atom stereocenters. The van der Waals surface area contributed by atoms with E-state index in [2.05, 4.69) is 10.6 Å². The summed E-state index contributed by atoms with van der Waals surface area (Å²) >= 11 is 0. The molecule has 0 bridgehead atoms. The first-order valence-corrected chi connectivity index (χ1v) is 10.6. The van der Waals surface area contributed by atoms with Crippen molar-refractivity contribution < 1.29 is 45.4 Å². The highest BCUT2D eigenvalue weighted by atomic mass is 19.4. The van der Waals surface area contributed by atoms with Gasteiger partial charge in [0.25, 0.3) is 5.91 Å². The molecule has 0 saturated carbocycles. The average molecular weight is 504 g/mol. The van der Waals surface area contributed by atoms with E-state index in [4.69, 9.17) is 9.47 Å². The van der Waals surface area contributed by atoms with Crippen molar-refractivity contribution in [1.29, 1.82) is 0 Å². The van der Waals surface area contributed by atoms with E-state index in [1.165, 1.54) is 12.1 Å². The molecule has 0 aliphatic carbocycles. The minimum atomic E-state index is -4.46. The number of ether oxygens (including phenoxy) is 2. The second-order valence-corrected chi connectivity index (χ2v) is 7.89. The summed E-state index contributed by atoms with van der Waals surface area (Å²) in [5, 5.41) is 5.28. The van der Waals surface area contributed by atoms with Crippen molar-refractivity contribution in [3.63, 3.8) is 0 Å². The number of benzene rings is 2. The predicted octanol–water partition coefficient (Wildman–Crippen LogP) is 4.08. The quantitative estimate of drug-likeness (QED) is 0.558. The Morgan fingerprint density at radius 1 is 0.886 bits per heavy atom. The van der Waals surface area contributed by atoms with Crippen LogP contribution in [0.5, 0.6) is 5.75 Å². The Hall–Kier alpha value is -3.28. The fraction of sp³-hybridized carbons (Fsp3) is 0.391. The van der Waals surface area contributed by atoms with Gasteiger partial charge in [-0.2, -0.15) is 26.3 Å². The molecule has 0 aromatic heterocycles. The van der Waals surface area contributed by atoms with Gasteiger partial charge in [-0.1, -0.05) is 12.1 Å². The van der Waals surface area contributed by atoms with E-state index in [0.29, 0.717) is 18.4 Å². The van der Waals surface area contributed by atoms with Gasteiger partial charge in [0, 0.05) is 6.54 Å². The van der Waals surface area contributed by atoms with Gasteiger partial charge in [0.1, 0.15) is 11.9 Å². The second kappa shape index (κ2) is 11.0. The van der Waals surface area contributed by atoms with E-state index in [0.717, 1.165) is 36.4 Å². The molecule has 12 heteroatoms. The summed E-state index contributed by atoms with van der Waals surface area (Å²) in [6.45, 7) is -0.304. The number of hydrogen-bond acceptors (Lipinski definition) is 4. The molecule has 0 radical (unpaired) electrons. The number of carbonyl (C=O) groups is 2. The lowest BCUT2D eigenvalue weighted by Crippen LogP contribution is -2.48. The molecule has 2 N–H and O–H groups in total. The Morgan fingerprint density at radius 3 is 1.97 bits per heavy atom. The summed E-state index contributed by atoms with van der Waals surface area (Å²) in [6, 6.07) is 8.00. The van der Waals surface area contributed by atoms with Crippen LogP contribution < -0.4 is 15.4 Å². The molecule has 1 aliphatic heterocycles. The zero-order chi connectivity index (χ0) is 25.6. The standard InChI is InChI=1S/C23H22F6N2O4/c24-22(25,26)15-3-1-14(2-4-15)11-30-21(33)19-10-7-17(12-35-19)31-20(32)13-34-18-8-5-16(6-9-18)23(27,28)29/h1-6,8-9,17,19H,7,10-13H2,(H,30,33)(H,31,32)/t17-,19+/m0/s1. The SMILES string of the molecule is O=C(COc1ccc(C(F)(F)F)cc1)N[C@H]1CC[C@H](C(=O)NCc2ccc(C(F)(F)F)cc2)OC1. The van der Waals surface area contributed by atoms with Crippen LogP contribution >= 0.6 is 0 Å². The van der Waals surface area contributed by atoms with Crippen molar-refractivity contribution in [3.05, 3.63) is 65.2 Å². The van der Waals surface area contributed by atoms with Gasteiger partial charge in [0.05, 0.1) is 23.8 Å². The molecule has 0 unspecified atom stereocenters. The molecule has 3 rings (SSSR count). The fourth-order valence-corrected chi connectivity index (χ4v) is 3.35. The van der Waals surface area contributed by atoms with Crippen molar-refractivity contribution in [3.8, 4) is 5.75 Å². The maximum absolute atomic E-state index is 12.6. The molecule has 2 aromatic carbocycles. The number of rotatable bonds is 7. The zero-order valence-corrected chi connectivity index (χ0v) is 18.2. The predicted molar refractivity (Wildman–Crippen MR) is 111 cm³/mol. The normalized spacial score (nSPS) is 18.6. The molecular weight excluding hydrogens is 482 g/mol. The Bertz CT molecular complexity index is 999. The number of carbonyl (C=O) groups excluding carboxylic acids is 2. The van der Waals surface area contributed by atoms with Gasteiger partial charge >= 0.3 is 12.4 Å². The van der Waals surface area contributed by atoms with Gasteiger partial charge < -0.3 is 20.1 Å². The molecule has 35 heavy (non-hydrogen) atoms. The van der Waals surface area contributed by atoms with Crippen molar-refractivity contribution in [2.45, 2.75) is 43.9 Å². The average Bonchev–Trinajstić information content (AvgIpc) is 2.81. The highest BCUT2D eigenvalue weighted by Gasteiger charge is 2.31. The molecule has 190 valence electrons. The molecule has 2 amide bonds. The first-order chi connectivity index (χ1) is 16.4. The van der Waals surface area contributed by atoms with Crippen LogP contribution in [0.4, 0.5) is 26.3 Å². The third kappa shape index (κ3) is 7.88. The fourth-order valence-electron chi connectivity index (χ4n) is 3.35. The third-order valence-corrected chi connectivity index (χ3v) is 5.23. The highest BCUT2D eigenvalue weighted by Crippen LogP contribution is 2.30. The topological polar surface area (TPSA) is 76.7 Å². The van der Waals surface area contributed by atoms with Crippen LogP contribution in [0, 0.1) is 0 Å². The molecule has 1 fully saturated rings. The first-order valence-electron chi connectivity index (χ1n) is 10.6. The maximum atomic E-state index is 12.6. The number of halogens is 6. The lowest BCUT2D eigenvalue weighted by molar-refractivity contribution is -0.138. The van der Waals surface area contributed by atoms with Crippen LogP contribution in [0.25, 0.3) is 0 Å². The Morgan fingerprint density at radius 2 is 1.46 bits per heavy atom. The Kier molecular flexibility index (Phi) is 8.26. The van der Waals surface area contributed by atoms with Gasteiger partial charge in [-0.05, 0) is 54.8 Å². The van der Waals surface area contributed by atoms with E-state index >= 15 is 0 Å². The molecule has 6 nitrogen and oxygen atoms in total. The summed E-state index contributed by atoms with van der Waals surface area (Å²) in [4.78, 5) is 24.3. The van der Waals surface area contributed by atoms with Gasteiger partial charge in [0.15, 0.2) is 6.61 Å². The Labute approximate surface area is 196 Å². The zero-order valence-electron chi connectivity index (χ0n) is 18.2. The first kappa shape index (κ1) is 26.3. The number of amides is 2. The highest BCUT2D eigenvalue weighted by molar-refractivity contribution is 5.81. The van der Waals surface area contributed by atoms with E-state index in [9.17, 15) is 35.9 Å². The third-order valence-electron chi connectivity index (χ3n) is 5.23. The minimum absolute atomic E-state index is 0.0400. The van der Waals surface area contributed by atoms with Crippen molar-refractivity contribution in [2.75, 3.05) is 13.2 Å². The summed E-state index contributed by atoms with van der Waals surface area (Å²) in [6.07, 6.45) is -8.92. The van der Waals surface area contributed by atoms with Crippen LogP contribution in [0.3, 0.4) is 0 Å². The van der Waals surface area contributed by atoms with Gasteiger partial charge in [-0.25, -0.2) is 0 Å². The summed E-state index contributed by atoms with van der Waals surface area (Å²) in [5.74, 6) is -0.804. The van der Waals surface area contributed by atoms with Crippen molar-refractivity contribution in [1.82, 2.24) is 10.6 Å². The van der Waals surface area contributed by atoms with Gasteiger partial charge in [-0.3, -0.25) is 9.59 Å². The summed E-state index contributed by atoms with van der Waals surface area (Å²) in [7, 11) is 0. The van der Waals surface area contributed by atoms with Gasteiger partial charge in [0.2, 0.25) is 5.91 Å². The van der Waals surface area contributed by atoms with E-state index < -0.39 is 48.0 Å². The number of hydrogen-bond donors (Lipinski definition) is 2. The summed E-state index contributed by atoms with van der Waals surface area (Å²) < 4.78 is 86.2. The maximum Gasteiger partial charge on any atom is 0.416 e. The monoisotopic (exact) mass is 504 g/mol. The minimum Gasteiger partial charge on any atom is -0.484 e. The van der Waals surface area contributed by atoms with E-state index in [-0.39, 0.29) is 24.9 Å². The lowest BCUT2D eigenvalue weighted by atomic mass is 10.0. The molecule has 0 spiro atoms.